The monoisotopic (exact) mass is 309 g/mol. The third-order valence-corrected chi connectivity index (χ3v) is 3.55. The molecule has 0 spiro atoms. The Labute approximate surface area is 133 Å². The van der Waals surface area contributed by atoms with Crippen LogP contribution in [-0.2, 0) is 6.42 Å². The molecule has 5 heteroatoms. The Morgan fingerprint density at radius 2 is 1.83 bits per heavy atom. The molecule has 0 unspecified atom stereocenters. The highest BCUT2D eigenvalue weighted by molar-refractivity contribution is 6.05. The summed E-state index contributed by atoms with van der Waals surface area (Å²) in [4.78, 5) is 12.5. The summed E-state index contributed by atoms with van der Waals surface area (Å²) in [5, 5.41) is 7.14. The van der Waals surface area contributed by atoms with Gasteiger partial charge in [-0.25, -0.2) is 9.07 Å². The van der Waals surface area contributed by atoms with Gasteiger partial charge in [0.15, 0.2) is 0 Å². The predicted octanol–water partition coefficient (Wildman–Crippen LogP) is 3.83. The number of hydrogen-bond acceptors (Lipinski definition) is 2. The fraction of sp³-hybridized carbons (Fsp3) is 0.111. The molecule has 0 atom stereocenters. The number of anilines is 1. The molecule has 0 saturated heterocycles. The van der Waals surface area contributed by atoms with E-state index in [1.54, 1.807) is 23.0 Å². The topological polar surface area (TPSA) is 46.9 Å². The second-order valence-corrected chi connectivity index (χ2v) is 5.07. The number of nitrogens with one attached hydrogen (secondary N) is 1. The van der Waals surface area contributed by atoms with Crippen LogP contribution in [0.4, 0.5) is 10.1 Å². The Kier molecular flexibility index (Phi) is 4.19. The molecule has 1 amide bonds. The minimum absolute atomic E-state index is 0.207. The highest BCUT2D eigenvalue weighted by Gasteiger charge is 2.17. The van der Waals surface area contributed by atoms with E-state index in [1.165, 1.54) is 12.1 Å². The molecule has 3 aromatic rings. The van der Waals surface area contributed by atoms with Gasteiger partial charge in [0.05, 0.1) is 23.1 Å². The van der Waals surface area contributed by atoms with Gasteiger partial charge in [-0.1, -0.05) is 25.1 Å². The van der Waals surface area contributed by atoms with Gasteiger partial charge >= 0.3 is 0 Å². The largest absolute Gasteiger partial charge is 0.322 e. The Hall–Kier alpha value is -2.95. The summed E-state index contributed by atoms with van der Waals surface area (Å²) < 4.78 is 14.7. The Morgan fingerprint density at radius 3 is 2.48 bits per heavy atom. The lowest BCUT2D eigenvalue weighted by Gasteiger charge is -2.08. The zero-order valence-corrected chi connectivity index (χ0v) is 12.7. The lowest BCUT2D eigenvalue weighted by molar-refractivity contribution is 0.102. The molecule has 1 N–H and O–H groups in total. The molecule has 0 aliphatic carbocycles. The Bertz CT molecular complexity index is 810. The van der Waals surface area contributed by atoms with E-state index in [1.807, 2.05) is 37.3 Å². The SMILES string of the molecule is CCc1c(C(=O)Nc2ccccc2)cnn1-c1ccc(F)cc1. The van der Waals surface area contributed by atoms with Gasteiger partial charge in [-0.05, 0) is 42.8 Å². The van der Waals surface area contributed by atoms with Crippen LogP contribution in [-0.4, -0.2) is 15.7 Å². The van der Waals surface area contributed by atoms with Crippen LogP contribution in [0.1, 0.15) is 23.0 Å². The number of carbonyl (C=O) groups excluding carboxylic acids is 1. The van der Waals surface area contributed by atoms with Crippen molar-refractivity contribution in [2.24, 2.45) is 0 Å². The van der Waals surface area contributed by atoms with Gasteiger partial charge in [-0.3, -0.25) is 4.79 Å². The van der Waals surface area contributed by atoms with Crippen molar-refractivity contribution < 1.29 is 9.18 Å². The molecule has 1 heterocycles. The molecule has 0 fully saturated rings. The molecule has 0 saturated carbocycles. The summed E-state index contributed by atoms with van der Waals surface area (Å²) in [5.74, 6) is -0.512. The van der Waals surface area contributed by atoms with Gasteiger partial charge in [-0.2, -0.15) is 5.10 Å². The number of benzene rings is 2. The average molecular weight is 309 g/mol. The lowest BCUT2D eigenvalue weighted by atomic mass is 10.2. The summed E-state index contributed by atoms with van der Waals surface area (Å²) in [7, 11) is 0. The van der Waals surface area contributed by atoms with Crippen molar-refractivity contribution in [1.29, 1.82) is 0 Å². The first-order valence-corrected chi connectivity index (χ1v) is 7.38. The molecule has 0 radical (unpaired) electrons. The minimum Gasteiger partial charge on any atom is -0.322 e. The van der Waals surface area contributed by atoms with Crippen LogP contribution >= 0.6 is 0 Å². The van der Waals surface area contributed by atoms with Crippen LogP contribution in [0.25, 0.3) is 5.69 Å². The summed E-state index contributed by atoms with van der Waals surface area (Å²) in [5.41, 5.74) is 2.75. The Balaban J connectivity index is 1.91. The molecule has 116 valence electrons. The van der Waals surface area contributed by atoms with Crippen molar-refractivity contribution in [3.63, 3.8) is 0 Å². The van der Waals surface area contributed by atoms with E-state index in [0.29, 0.717) is 12.0 Å². The number of nitrogens with zero attached hydrogens (tertiary/aromatic N) is 2. The fourth-order valence-electron chi connectivity index (χ4n) is 2.43. The van der Waals surface area contributed by atoms with Crippen LogP contribution in [0.5, 0.6) is 0 Å². The zero-order valence-electron chi connectivity index (χ0n) is 12.7. The summed E-state index contributed by atoms with van der Waals surface area (Å²) in [6.45, 7) is 1.95. The molecular formula is C18H16FN3O. The molecule has 4 nitrogen and oxygen atoms in total. The molecule has 2 aromatic carbocycles. The molecule has 3 rings (SSSR count). The van der Waals surface area contributed by atoms with Crippen LogP contribution in [0.15, 0.2) is 60.8 Å². The van der Waals surface area contributed by atoms with E-state index in [-0.39, 0.29) is 11.7 Å². The highest BCUT2D eigenvalue weighted by atomic mass is 19.1. The van der Waals surface area contributed by atoms with Crippen molar-refractivity contribution in [1.82, 2.24) is 9.78 Å². The maximum Gasteiger partial charge on any atom is 0.259 e. The van der Waals surface area contributed by atoms with E-state index in [9.17, 15) is 9.18 Å². The number of para-hydroxylation sites is 1. The first kappa shape index (κ1) is 15.0. The van der Waals surface area contributed by atoms with Crippen molar-refractivity contribution in [2.45, 2.75) is 13.3 Å². The fourth-order valence-corrected chi connectivity index (χ4v) is 2.43. The molecule has 23 heavy (non-hydrogen) atoms. The van der Waals surface area contributed by atoms with Crippen molar-refractivity contribution in [3.05, 3.63) is 77.9 Å². The minimum atomic E-state index is -0.305. The van der Waals surface area contributed by atoms with Gasteiger partial charge in [0.25, 0.3) is 5.91 Å². The van der Waals surface area contributed by atoms with Gasteiger partial charge < -0.3 is 5.32 Å². The van der Waals surface area contributed by atoms with Gasteiger partial charge in [0.2, 0.25) is 0 Å². The van der Waals surface area contributed by atoms with Crippen molar-refractivity contribution in [2.75, 3.05) is 5.32 Å². The van der Waals surface area contributed by atoms with Gasteiger partial charge in [-0.15, -0.1) is 0 Å². The van der Waals surface area contributed by atoms with E-state index in [4.69, 9.17) is 0 Å². The van der Waals surface area contributed by atoms with Gasteiger partial charge in [0, 0.05) is 5.69 Å². The van der Waals surface area contributed by atoms with Gasteiger partial charge in [0.1, 0.15) is 5.82 Å². The third kappa shape index (κ3) is 3.13. The number of amides is 1. The number of carbonyl (C=O) groups is 1. The number of halogens is 1. The zero-order chi connectivity index (χ0) is 16.2. The first-order valence-electron chi connectivity index (χ1n) is 7.38. The maximum absolute atomic E-state index is 13.1. The number of rotatable bonds is 4. The van der Waals surface area contributed by atoms with Crippen molar-refractivity contribution >= 4 is 11.6 Å². The molecule has 1 aromatic heterocycles. The standard InChI is InChI=1S/C18H16FN3O/c1-2-17-16(18(23)21-14-6-4-3-5-7-14)12-20-22(17)15-10-8-13(19)9-11-15/h3-12H,2H2,1H3,(H,21,23). The van der Waals surface area contributed by atoms with Crippen LogP contribution in [0.3, 0.4) is 0 Å². The quantitative estimate of drug-likeness (QED) is 0.796. The molecule has 0 bridgehead atoms. The number of aromatic nitrogens is 2. The van der Waals surface area contributed by atoms with E-state index < -0.39 is 0 Å². The summed E-state index contributed by atoms with van der Waals surface area (Å²) in [6, 6.07) is 15.3. The predicted molar refractivity (Wildman–Crippen MR) is 87.3 cm³/mol. The van der Waals surface area contributed by atoms with Crippen LogP contribution < -0.4 is 5.32 Å². The molecule has 0 aliphatic rings. The van der Waals surface area contributed by atoms with E-state index in [2.05, 4.69) is 10.4 Å². The second-order valence-electron chi connectivity index (χ2n) is 5.07. The third-order valence-electron chi connectivity index (χ3n) is 3.55. The van der Waals surface area contributed by atoms with E-state index in [0.717, 1.165) is 17.1 Å². The van der Waals surface area contributed by atoms with E-state index >= 15 is 0 Å². The normalized spacial score (nSPS) is 10.5. The summed E-state index contributed by atoms with van der Waals surface area (Å²) in [6.07, 6.45) is 2.18. The molecule has 0 aliphatic heterocycles. The average Bonchev–Trinajstić information content (AvgIpc) is 3.00. The smallest absolute Gasteiger partial charge is 0.259 e. The summed E-state index contributed by atoms with van der Waals surface area (Å²) >= 11 is 0. The van der Waals surface area contributed by atoms with Crippen LogP contribution in [0, 0.1) is 5.82 Å². The van der Waals surface area contributed by atoms with Crippen molar-refractivity contribution in [3.8, 4) is 5.69 Å². The number of hydrogen-bond donors (Lipinski definition) is 1. The lowest BCUT2D eigenvalue weighted by Crippen LogP contribution is -2.14. The molecular weight excluding hydrogens is 293 g/mol. The second kappa shape index (κ2) is 6.44. The highest BCUT2D eigenvalue weighted by Crippen LogP contribution is 2.18. The Morgan fingerprint density at radius 1 is 1.13 bits per heavy atom. The van der Waals surface area contributed by atoms with Crippen LogP contribution in [0.2, 0.25) is 0 Å². The first-order chi connectivity index (χ1) is 11.2. The maximum atomic E-state index is 13.1.